The van der Waals surface area contributed by atoms with Crippen LogP contribution >= 0.6 is 26.6 Å². The van der Waals surface area contributed by atoms with E-state index in [1.54, 1.807) is 0 Å². The van der Waals surface area contributed by atoms with Gasteiger partial charge in [0, 0.05) is 16.0 Å². The van der Waals surface area contributed by atoms with Gasteiger partial charge in [-0.2, -0.15) is 13.2 Å². The molecular formula is C8H3BrClF6NO3S. The van der Waals surface area contributed by atoms with Crippen LogP contribution in [-0.4, -0.2) is 19.8 Å². The first-order valence-electron chi connectivity index (χ1n) is 4.63. The molecule has 0 spiro atoms. The van der Waals surface area contributed by atoms with Gasteiger partial charge in [-0.15, -0.1) is 13.2 Å². The molecule has 1 aromatic heterocycles. The molecule has 0 aromatic carbocycles. The summed E-state index contributed by atoms with van der Waals surface area (Å²) in [6.07, 6.45) is -10.8. The molecule has 0 N–H and O–H groups in total. The fourth-order valence-electron chi connectivity index (χ4n) is 1.21. The molecule has 0 radical (unpaired) electrons. The molecule has 21 heavy (non-hydrogen) atoms. The fourth-order valence-corrected chi connectivity index (χ4v) is 2.88. The molecule has 0 aliphatic rings. The van der Waals surface area contributed by atoms with Gasteiger partial charge in [-0.1, -0.05) is 15.9 Å². The summed E-state index contributed by atoms with van der Waals surface area (Å²) in [6, 6.07) is -0.0625. The van der Waals surface area contributed by atoms with Gasteiger partial charge in [-0.3, -0.25) is 0 Å². The zero-order chi connectivity index (χ0) is 16.6. The van der Waals surface area contributed by atoms with Gasteiger partial charge >= 0.3 is 12.5 Å². The molecule has 0 unspecified atom stereocenters. The molecular weight excluding hydrogens is 420 g/mol. The van der Waals surface area contributed by atoms with E-state index in [9.17, 15) is 34.8 Å². The van der Waals surface area contributed by atoms with Crippen molar-refractivity contribution in [2.45, 2.75) is 22.8 Å². The highest BCUT2D eigenvalue weighted by Crippen LogP contribution is 2.40. The Kier molecular flexibility index (Phi) is 5.05. The number of pyridine rings is 1. The Bertz CT molecular complexity index is 645. The van der Waals surface area contributed by atoms with Crippen LogP contribution in [0, 0.1) is 0 Å². The van der Waals surface area contributed by atoms with Gasteiger partial charge in [-0.25, -0.2) is 13.4 Å². The maximum Gasteiger partial charge on any atom is 0.574 e. The van der Waals surface area contributed by atoms with E-state index in [0.29, 0.717) is 0 Å². The quantitative estimate of drug-likeness (QED) is 0.422. The normalized spacial score (nSPS) is 13.3. The van der Waals surface area contributed by atoms with Crippen LogP contribution in [0.3, 0.4) is 0 Å². The lowest BCUT2D eigenvalue weighted by Crippen LogP contribution is -2.22. The Morgan fingerprint density at radius 1 is 1.24 bits per heavy atom. The molecule has 0 aliphatic heterocycles. The monoisotopic (exact) mass is 421 g/mol. The lowest BCUT2D eigenvalue weighted by Gasteiger charge is -2.16. The topological polar surface area (TPSA) is 56.3 Å². The van der Waals surface area contributed by atoms with Gasteiger partial charge in [0.1, 0.15) is 10.5 Å². The van der Waals surface area contributed by atoms with Gasteiger partial charge in [0.25, 0.3) is 9.05 Å². The summed E-state index contributed by atoms with van der Waals surface area (Å²) >= 11 is 2.69. The van der Waals surface area contributed by atoms with Crippen LogP contribution in [0.15, 0.2) is 11.0 Å². The lowest BCUT2D eigenvalue weighted by atomic mass is 10.2. The van der Waals surface area contributed by atoms with Crippen LogP contribution in [0.2, 0.25) is 0 Å². The number of ether oxygens (including phenoxy) is 1. The number of aromatic nitrogens is 1. The van der Waals surface area contributed by atoms with Crippen molar-refractivity contribution < 1.29 is 39.5 Å². The highest BCUT2D eigenvalue weighted by atomic mass is 79.9. The number of hydrogen-bond donors (Lipinski definition) is 0. The first-order chi connectivity index (χ1) is 9.25. The van der Waals surface area contributed by atoms with Gasteiger partial charge in [0.05, 0.1) is 5.69 Å². The molecule has 0 saturated heterocycles. The van der Waals surface area contributed by atoms with Crippen LogP contribution in [0.25, 0.3) is 0 Å². The van der Waals surface area contributed by atoms with E-state index < -0.39 is 49.0 Å². The Labute approximate surface area is 126 Å². The van der Waals surface area contributed by atoms with Crippen LogP contribution in [0.5, 0.6) is 5.88 Å². The molecule has 1 aromatic rings. The number of alkyl halides is 7. The molecule has 0 bridgehead atoms. The van der Waals surface area contributed by atoms with E-state index >= 15 is 0 Å². The second kappa shape index (κ2) is 5.80. The zero-order valence-electron chi connectivity index (χ0n) is 9.39. The predicted octanol–water partition coefficient (Wildman–Crippen LogP) is 3.82. The van der Waals surface area contributed by atoms with Crippen LogP contribution in [-0.2, 0) is 20.6 Å². The average Bonchev–Trinajstić information content (AvgIpc) is 2.22. The highest BCUT2D eigenvalue weighted by molar-refractivity contribution is 9.08. The highest BCUT2D eigenvalue weighted by Gasteiger charge is 2.42. The molecule has 0 amide bonds. The van der Waals surface area contributed by atoms with E-state index in [-0.39, 0.29) is 6.07 Å². The molecule has 0 atom stereocenters. The minimum absolute atomic E-state index is 0.0625. The SMILES string of the molecule is O=S(=O)(Cl)c1cc(C(F)(F)F)c(OC(F)(F)F)nc1CBr. The maximum atomic E-state index is 12.7. The number of rotatable bonds is 3. The van der Waals surface area contributed by atoms with Crippen molar-refractivity contribution in [2.75, 3.05) is 0 Å². The molecule has 0 saturated carbocycles. The minimum atomic E-state index is -5.43. The van der Waals surface area contributed by atoms with E-state index in [2.05, 4.69) is 25.7 Å². The van der Waals surface area contributed by atoms with Crippen molar-refractivity contribution in [3.63, 3.8) is 0 Å². The smallest absolute Gasteiger partial charge is 0.387 e. The fraction of sp³-hybridized carbons (Fsp3) is 0.375. The summed E-state index contributed by atoms with van der Waals surface area (Å²) in [5.74, 6) is -1.81. The molecule has 1 heterocycles. The standard InChI is InChI=1S/C8H3BrClF6NO3S/c9-2-4-5(21(10,18)19)1-3(7(11,12)13)6(17-4)20-8(14,15)16/h1H,2H2. The van der Waals surface area contributed by atoms with Crippen molar-refractivity contribution in [3.05, 3.63) is 17.3 Å². The van der Waals surface area contributed by atoms with Gasteiger partial charge in [-0.05, 0) is 6.07 Å². The van der Waals surface area contributed by atoms with Crippen molar-refractivity contribution in [3.8, 4) is 5.88 Å². The summed E-state index contributed by atoms with van der Waals surface area (Å²) in [4.78, 5) is 1.87. The van der Waals surface area contributed by atoms with Crippen molar-refractivity contribution in [2.24, 2.45) is 0 Å². The molecule has 120 valence electrons. The lowest BCUT2D eigenvalue weighted by molar-refractivity contribution is -0.278. The predicted molar refractivity (Wildman–Crippen MR) is 61.6 cm³/mol. The van der Waals surface area contributed by atoms with Crippen molar-refractivity contribution in [1.82, 2.24) is 4.98 Å². The molecule has 0 fully saturated rings. The molecule has 1 rings (SSSR count). The van der Waals surface area contributed by atoms with Gasteiger partial charge in [0.15, 0.2) is 0 Å². The van der Waals surface area contributed by atoms with E-state index in [1.807, 2.05) is 0 Å². The second-order valence-electron chi connectivity index (χ2n) is 3.40. The van der Waals surface area contributed by atoms with E-state index in [4.69, 9.17) is 10.7 Å². The van der Waals surface area contributed by atoms with Crippen LogP contribution < -0.4 is 4.74 Å². The average molecular weight is 423 g/mol. The molecule has 13 heteroatoms. The zero-order valence-corrected chi connectivity index (χ0v) is 12.5. The van der Waals surface area contributed by atoms with Crippen LogP contribution in [0.1, 0.15) is 11.3 Å². The third kappa shape index (κ3) is 4.88. The van der Waals surface area contributed by atoms with Crippen molar-refractivity contribution >= 4 is 35.7 Å². The number of halogens is 8. The maximum absolute atomic E-state index is 12.7. The number of nitrogens with zero attached hydrogens (tertiary/aromatic N) is 1. The van der Waals surface area contributed by atoms with Crippen LogP contribution in [0.4, 0.5) is 26.3 Å². The summed E-state index contributed by atoms with van der Waals surface area (Å²) < 4.78 is 99.9. The summed E-state index contributed by atoms with van der Waals surface area (Å²) in [6.45, 7) is 0. The summed E-state index contributed by atoms with van der Waals surface area (Å²) in [5.41, 5.74) is -2.67. The number of hydrogen-bond acceptors (Lipinski definition) is 4. The molecule has 0 aliphatic carbocycles. The van der Waals surface area contributed by atoms with Crippen molar-refractivity contribution in [1.29, 1.82) is 0 Å². The van der Waals surface area contributed by atoms with Gasteiger partial charge in [0.2, 0.25) is 5.88 Å². The Morgan fingerprint density at radius 3 is 2.10 bits per heavy atom. The summed E-state index contributed by atoms with van der Waals surface area (Å²) in [7, 11) is 0.285. The second-order valence-corrected chi connectivity index (χ2v) is 6.50. The molecule has 4 nitrogen and oxygen atoms in total. The third-order valence-electron chi connectivity index (χ3n) is 1.93. The Hall–Kier alpha value is -0.750. The Morgan fingerprint density at radius 2 is 1.76 bits per heavy atom. The third-order valence-corrected chi connectivity index (χ3v) is 3.84. The summed E-state index contributed by atoms with van der Waals surface area (Å²) in [5, 5.41) is -0.458. The Balaban J connectivity index is 3.65. The first-order valence-corrected chi connectivity index (χ1v) is 8.06. The van der Waals surface area contributed by atoms with E-state index in [0.717, 1.165) is 0 Å². The van der Waals surface area contributed by atoms with Gasteiger partial charge < -0.3 is 4.74 Å². The van der Waals surface area contributed by atoms with E-state index in [1.165, 1.54) is 0 Å². The minimum Gasteiger partial charge on any atom is -0.387 e. The largest absolute Gasteiger partial charge is 0.574 e. The first kappa shape index (κ1) is 18.3.